The van der Waals surface area contributed by atoms with Gasteiger partial charge in [-0.1, -0.05) is 12.1 Å². The summed E-state index contributed by atoms with van der Waals surface area (Å²) in [7, 11) is 0. The summed E-state index contributed by atoms with van der Waals surface area (Å²) in [6.45, 7) is 0.743. The van der Waals surface area contributed by atoms with Gasteiger partial charge in [0.15, 0.2) is 0 Å². The summed E-state index contributed by atoms with van der Waals surface area (Å²) in [6.07, 6.45) is 5.40. The van der Waals surface area contributed by atoms with Crippen LogP contribution >= 0.6 is 0 Å². The van der Waals surface area contributed by atoms with Gasteiger partial charge >= 0.3 is 0 Å². The minimum absolute atomic E-state index is 0.0174. The zero-order valence-corrected chi connectivity index (χ0v) is 12.3. The van der Waals surface area contributed by atoms with Crippen molar-refractivity contribution >= 4 is 5.91 Å². The van der Waals surface area contributed by atoms with E-state index in [4.69, 9.17) is 0 Å². The molecule has 0 saturated carbocycles. The number of halogens is 1. The van der Waals surface area contributed by atoms with Crippen molar-refractivity contribution in [3.8, 4) is 0 Å². The maximum atomic E-state index is 13.2. The smallest absolute Gasteiger partial charge is 0.223 e. The Labute approximate surface area is 128 Å². The molecule has 0 radical (unpaired) electrons. The molecule has 6 heteroatoms. The number of hydrogen-bond acceptors (Lipinski definition) is 3. The number of benzene rings is 1. The normalized spacial score (nSPS) is 18.4. The number of aromatic amines is 1. The fraction of sp³-hybridized carbons (Fsp3) is 0.438. The molecule has 1 aromatic heterocycles. The lowest BCUT2D eigenvalue weighted by molar-refractivity contribution is -0.135. The average molecular weight is 302 g/mol. The van der Waals surface area contributed by atoms with E-state index in [9.17, 15) is 9.18 Å². The van der Waals surface area contributed by atoms with Gasteiger partial charge in [0.25, 0.3) is 0 Å². The van der Waals surface area contributed by atoms with Crippen molar-refractivity contribution in [2.24, 2.45) is 0 Å². The number of rotatable bonds is 4. The lowest BCUT2D eigenvalue weighted by Gasteiger charge is -2.34. The Morgan fingerprint density at radius 2 is 2.32 bits per heavy atom. The van der Waals surface area contributed by atoms with Crippen molar-refractivity contribution < 1.29 is 9.18 Å². The number of carbonyl (C=O) groups is 1. The standard InChI is InChI=1S/C16H19FN4O/c17-13-5-3-4-12(10-13)7-8-15(22)21-9-2-1-6-14(21)16-18-11-19-20-16/h3-5,10-11,14H,1-2,6-9H2,(H,18,19,20). The van der Waals surface area contributed by atoms with E-state index in [2.05, 4.69) is 15.2 Å². The van der Waals surface area contributed by atoms with Gasteiger partial charge in [-0.05, 0) is 43.4 Å². The number of hydrogen-bond donors (Lipinski definition) is 1. The predicted molar refractivity (Wildman–Crippen MR) is 79.4 cm³/mol. The number of carbonyl (C=O) groups excluding carboxylic acids is 1. The van der Waals surface area contributed by atoms with Crippen molar-refractivity contribution in [1.29, 1.82) is 0 Å². The quantitative estimate of drug-likeness (QED) is 0.944. The molecule has 3 rings (SSSR count). The number of nitrogens with one attached hydrogen (secondary N) is 1. The molecule has 1 amide bonds. The van der Waals surface area contributed by atoms with E-state index in [1.54, 1.807) is 6.07 Å². The first-order valence-electron chi connectivity index (χ1n) is 7.63. The number of amides is 1. The SMILES string of the molecule is O=C(CCc1cccc(F)c1)N1CCCCC1c1ncn[nH]1. The van der Waals surface area contributed by atoms with Gasteiger partial charge in [0.05, 0.1) is 6.04 Å². The van der Waals surface area contributed by atoms with Crippen molar-refractivity contribution in [2.75, 3.05) is 6.54 Å². The molecule has 22 heavy (non-hydrogen) atoms. The van der Waals surface area contributed by atoms with Crippen LogP contribution in [0.1, 0.15) is 43.1 Å². The summed E-state index contributed by atoms with van der Waals surface area (Å²) in [6, 6.07) is 6.40. The minimum Gasteiger partial charge on any atom is -0.332 e. The molecule has 116 valence electrons. The van der Waals surface area contributed by atoms with Crippen molar-refractivity contribution in [1.82, 2.24) is 20.1 Å². The third-order valence-electron chi connectivity index (χ3n) is 4.09. The van der Waals surface area contributed by atoms with Gasteiger partial charge in [-0.15, -0.1) is 0 Å². The van der Waals surface area contributed by atoms with Crippen LogP contribution in [0.15, 0.2) is 30.6 Å². The van der Waals surface area contributed by atoms with Crippen molar-refractivity contribution in [3.63, 3.8) is 0 Å². The third-order valence-corrected chi connectivity index (χ3v) is 4.09. The van der Waals surface area contributed by atoms with Crippen LogP contribution in [0.4, 0.5) is 4.39 Å². The van der Waals surface area contributed by atoms with Gasteiger partial charge in [0.1, 0.15) is 18.0 Å². The van der Waals surface area contributed by atoms with Gasteiger partial charge in [0.2, 0.25) is 5.91 Å². The second kappa shape index (κ2) is 6.68. The highest BCUT2D eigenvalue weighted by Crippen LogP contribution is 2.29. The van der Waals surface area contributed by atoms with Crippen LogP contribution in [-0.4, -0.2) is 32.5 Å². The molecule has 1 N–H and O–H groups in total. The predicted octanol–water partition coefficient (Wildman–Crippen LogP) is 2.63. The first-order chi connectivity index (χ1) is 10.7. The van der Waals surface area contributed by atoms with E-state index in [-0.39, 0.29) is 17.8 Å². The maximum absolute atomic E-state index is 13.2. The fourth-order valence-electron chi connectivity index (χ4n) is 2.98. The number of H-pyrrole nitrogens is 1. The highest BCUT2D eigenvalue weighted by atomic mass is 19.1. The number of piperidine rings is 1. The molecule has 1 aliphatic heterocycles. The highest BCUT2D eigenvalue weighted by Gasteiger charge is 2.29. The molecular formula is C16H19FN4O. The van der Waals surface area contributed by atoms with Crippen molar-refractivity contribution in [3.05, 3.63) is 47.8 Å². The Bertz CT molecular complexity index is 629. The van der Waals surface area contributed by atoms with Crippen LogP contribution in [0.2, 0.25) is 0 Å². The second-order valence-corrected chi connectivity index (χ2v) is 5.60. The fourth-order valence-corrected chi connectivity index (χ4v) is 2.98. The van der Waals surface area contributed by atoms with Gasteiger partial charge in [-0.25, -0.2) is 9.37 Å². The van der Waals surface area contributed by atoms with Crippen LogP contribution < -0.4 is 0 Å². The van der Waals surface area contributed by atoms with Crippen LogP contribution in [0.25, 0.3) is 0 Å². The first kappa shape index (κ1) is 14.7. The Hall–Kier alpha value is -2.24. The molecule has 1 saturated heterocycles. The zero-order chi connectivity index (χ0) is 15.4. The Morgan fingerprint density at radius 1 is 1.41 bits per heavy atom. The average Bonchev–Trinajstić information content (AvgIpc) is 3.07. The van der Waals surface area contributed by atoms with Crippen LogP contribution in [0, 0.1) is 5.82 Å². The molecule has 1 unspecified atom stereocenters. The van der Waals surface area contributed by atoms with E-state index in [1.807, 2.05) is 11.0 Å². The van der Waals surface area contributed by atoms with Crippen LogP contribution in [0.5, 0.6) is 0 Å². The molecular weight excluding hydrogens is 283 g/mol. The van der Waals surface area contributed by atoms with Crippen LogP contribution in [0.3, 0.4) is 0 Å². The lowest BCUT2D eigenvalue weighted by atomic mass is 10.00. The first-order valence-corrected chi connectivity index (χ1v) is 7.63. The summed E-state index contributed by atoms with van der Waals surface area (Å²) < 4.78 is 13.2. The minimum atomic E-state index is -0.262. The molecule has 0 spiro atoms. The van der Waals surface area contributed by atoms with Gasteiger partial charge in [-0.3, -0.25) is 9.89 Å². The molecule has 2 heterocycles. The summed E-state index contributed by atoms with van der Waals surface area (Å²) in [5.41, 5.74) is 0.849. The largest absolute Gasteiger partial charge is 0.332 e. The number of aryl methyl sites for hydroxylation is 1. The molecule has 0 aliphatic carbocycles. The van der Waals surface area contributed by atoms with Gasteiger partial charge in [0, 0.05) is 13.0 Å². The van der Waals surface area contributed by atoms with Crippen LogP contribution in [-0.2, 0) is 11.2 Å². The maximum Gasteiger partial charge on any atom is 0.223 e. The summed E-state index contributed by atoms with van der Waals surface area (Å²) >= 11 is 0. The summed E-state index contributed by atoms with van der Waals surface area (Å²) in [5.74, 6) is 0.576. The van der Waals surface area contributed by atoms with Gasteiger partial charge in [-0.2, -0.15) is 5.10 Å². The van der Waals surface area contributed by atoms with E-state index in [0.29, 0.717) is 12.8 Å². The highest BCUT2D eigenvalue weighted by molar-refractivity contribution is 5.77. The van der Waals surface area contributed by atoms with E-state index >= 15 is 0 Å². The molecule has 5 nitrogen and oxygen atoms in total. The summed E-state index contributed by atoms with van der Waals surface area (Å²) in [5, 5.41) is 6.75. The van der Waals surface area contributed by atoms with Gasteiger partial charge < -0.3 is 4.90 Å². The van der Waals surface area contributed by atoms with E-state index < -0.39 is 0 Å². The summed E-state index contributed by atoms with van der Waals surface area (Å²) in [4.78, 5) is 18.6. The number of nitrogens with zero attached hydrogens (tertiary/aromatic N) is 3. The van der Waals surface area contributed by atoms with E-state index in [1.165, 1.54) is 18.5 Å². The zero-order valence-electron chi connectivity index (χ0n) is 12.3. The number of aromatic nitrogens is 3. The molecule has 0 bridgehead atoms. The monoisotopic (exact) mass is 302 g/mol. The van der Waals surface area contributed by atoms with E-state index in [0.717, 1.165) is 37.2 Å². The molecule has 1 atom stereocenters. The lowest BCUT2D eigenvalue weighted by Crippen LogP contribution is -2.39. The Kier molecular flexibility index (Phi) is 4.46. The Balaban J connectivity index is 1.65. The molecule has 1 aromatic carbocycles. The molecule has 1 fully saturated rings. The third kappa shape index (κ3) is 3.32. The molecule has 2 aromatic rings. The topological polar surface area (TPSA) is 61.9 Å². The Morgan fingerprint density at radius 3 is 3.09 bits per heavy atom. The van der Waals surface area contributed by atoms with Crippen molar-refractivity contribution in [2.45, 2.75) is 38.1 Å². The number of likely N-dealkylation sites (tertiary alicyclic amines) is 1. The molecule has 1 aliphatic rings. The second-order valence-electron chi connectivity index (χ2n) is 5.60.